The largest absolute Gasteiger partial charge is 0.304 e. The monoisotopic (exact) mass is 430 g/mol. The Labute approximate surface area is 188 Å². The van der Waals surface area contributed by atoms with Crippen molar-refractivity contribution in [2.24, 2.45) is 17.9 Å². The first kappa shape index (κ1) is 20.0. The van der Waals surface area contributed by atoms with Gasteiger partial charge in [0, 0.05) is 68.5 Å². The van der Waals surface area contributed by atoms with Crippen LogP contribution in [-0.4, -0.2) is 75.1 Å². The van der Waals surface area contributed by atoms with Gasteiger partial charge in [-0.2, -0.15) is 5.10 Å². The van der Waals surface area contributed by atoms with Gasteiger partial charge in [-0.3, -0.25) is 9.48 Å². The van der Waals surface area contributed by atoms with Gasteiger partial charge in [0.05, 0.1) is 18.1 Å². The summed E-state index contributed by atoms with van der Waals surface area (Å²) in [6.07, 6.45) is 9.21. The number of aryl methyl sites for hydroxylation is 1. The number of fused-ring (bicyclic) bond motifs is 1. The van der Waals surface area contributed by atoms with Gasteiger partial charge in [0.25, 0.3) is 0 Å². The van der Waals surface area contributed by atoms with Gasteiger partial charge < -0.3 is 9.80 Å². The second kappa shape index (κ2) is 7.18. The highest BCUT2D eigenvalue weighted by atomic mass is 16.1. The third-order valence-corrected chi connectivity index (χ3v) is 7.88. The first-order valence-corrected chi connectivity index (χ1v) is 11.6. The highest BCUT2D eigenvalue weighted by Crippen LogP contribution is 2.74. The van der Waals surface area contributed by atoms with E-state index in [-0.39, 0.29) is 5.41 Å². The maximum absolute atomic E-state index is 13.1. The van der Waals surface area contributed by atoms with Crippen molar-refractivity contribution in [1.29, 1.82) is 0 Å². The molecular formula is C25H30N6O. The maximum atomic E-state index is 13.1. The minimum Gasteiger partial charge on any atom is -0.304 e. The number of carbonyl (C=O) groups excluding carboxylic acids is 1. The van der Waals surface area contributed by atoms with Crippen LogP contribution in [0.25, 0.3) is 22.0 Å². The number of carbonyl (C=O) groups is 1. The zero-order chi connectivity index (χ0) is 21.9. The fourth-order valence-electron chi connectivity index (χ4n) is 6.17. The Kier molecular flexibility index (Phi) is 4.49. The third-order valence-electron chi connectivity index (χ3n) is 7.88. The van der Waals surface area contributed by atoms with Crippen LogP contribution in [0.4, 0.5) is 0 Å². The lowest BCUT2D eigenvalue weighted by Gasteiger charge is -2.71. The van der Waals surface area contributed by atoms with Crippen LogP contribution in [0.1, 0.15) is 25.1 Å². The van der Waals surface area contributed by atoms with Crippen molar-refractivity contribution >= 4 is 16.7 Å². The molecule has 166 valence electrons. The van der Waals surface area contributed by atoms with E-state index in [1.54, 1.807) is 4.68 Å². The zero-order valence-corrected chi connectivity index (χ0v) is 18.9. The van der Waals surface area contributed by atoms with Crippen molar-refractivity contribution < 1.29 is 4.79 Å². The molecule has 0 unspecified atom stereocenters. The summed E-state index contributed by atoms with van der Waals surface area (Å²) >= 11 is 0. The highest BCUT2D eigenvalue weighted by molar-refractivity contribution is 5.90. The van der Waals surface area contributed by atoms with E-state index in [1.807, 2.05) is 31.7 Å². The molecule has 7 nitrogen and oxygen atoms in total. The Morgan fingerprint density at radius 2 is 1.81 bits per heavy atom. The summed E-state index contributed by atoms with van der Waals surface area (Å²) in [5.74, 6) is 0.976. The molecule has 4 aliphatic rings. The van der Waals surface area contributed by atoms with E-state index in [4.69, 9.17) is 4.98 Å². The number of hydrogen-bond donors (Lipinski definition) is 0. The van der Waals surface area contributed by atoms with Crippen molar-refractivity contribution in [3.05, 3.63) is 42.6 Å². The molecule has 0 amide bonds. The van der Waals surface area contributed by atoms with E-state index in [1.165, 1.54) is 6.54 Å². The molecule has 2 bridgehead atoms. The minimum absolute atomic E-state index is 0.0948. The lowest BCUT2D eigenvalue weighted by molar-refractivity contribution is -0.212. The van der Waals surface area contributed by atoms with E-state index >= 15 is 0 Å². The highest BCUT2D eigenvalue weighted by Gasteiger charge is 2.70. The van der Waals surface area contributed by atoms with Gasteiger partial charge in [-0.1, -0.05) is 12.1 Å². The molecule has 0 atom stereocenters. The van der Waals surface area contributed by atoms with Crippen LogP contribution in [0.3, 0.4) is 0 Å². The normalized spacial score (nSPS) is 27.8. The number of rotatable bonds is 6. The smallest absolute Gasteiger partial charge is 0.146 e. The van der Waals surface area contributed by atoms with Crippen molar-refractivity contribution in [1.82, 2.24) is 29.5 Å². The summed E-state index contributed by atoms with van der Waals surface area (Å²) in [5.41, 5.74) is 3.32. The molecular weight excluding hydrogens is 400 g/mol. The second-order valence-electron chi connectivity index (χ2n) is 10.5. The number of hydrogen-bond acceptors (Lipinski definition) is 6. The SMILES string of the molecule is CN1CCN(CC23CC(C(=O)Cc4ncc5ccc(-c6cnn(C)c6)cc5n4)(C2)C3)CC1. The van der Waals surface area contributed by atoms with E-state index < -0.39 is 0 Å². The quantitative estimate of drug-likeness (QED) is 0.599. The molecule has 3 heterocycles. The Balaban J connectivity index is 1.11. The molecule has 7 heteroatoms. The third kappa shape index (κ3) is 3.35. The van der Waals surface area contributed by atoms with Gasteiger partial charge >= 0.3 is 0 Å². The molecule has 0 spiro atoms. The van der Waals surface area contributed by atoms with Crippen molar-refractivity contribution in [3.63, 3.8) is 0 Å². The molecule has 3 aromatic rings. The number of piperazine rings is 1. The summed E-state index contributed by atoms with van der Waals surface area (Å²) < 4.78 is 1.80. The summed E-state index contributed by atoms with van der Waals surface area (Å²) in [4.78, 5) is 27.4. The van der Waals surface area contributed by atoms with E-state index in [2.05, 4.69) is 39.1 Å². The maximum Gasteiger partial charge on any atom is 0.146 e. The molecule has 2 aromatic heterocycles. The molecule has 1 saturated heterocycles. The van der Waals surface area contributed by atoms with Crippen LogP contribution >= 0.6 is 0 Å². The van der Waals surface area contributed by atoms with Crippen molar-refractivity contribution in [3.8, 4) is 11.1 Å². The van der Waals surface area contributed by atoms with Gasteiger partial charge in [0.15, 0.2) is 0 Å². The molecule has 4 fully saturated rings. The zero-order valence-electron chi connectivity index (χ0n) is 18.9. The van der Waals surface area contributed by atoms with Crippen LogP contribution in [0.5, 0.6) is 0 Å². The van der Waals surface area contributed by atoms with E-state index in [0.717, 1.165) is 67.5 Å². The van der Waals surface area contributed by atoms with Gasteiger partial charge in [0.2, 0.25) is 0 Å². The molecule has 0 N–H and O–H groups in total. The van der Waals surface area contributed by atoms with Crippen molar-refractivity contribution in [2.45, 2.75) is 25.7 Å². The fraction of sp³-hybridized carbons (Fsp3) is 0.520. The average molecular weight is 431 g/mol. The molecule has 32 heavy (non-hydrogen) atoms. The Bertz CT molecular complexity index is 1170. The van der Waals surface area contributed by atoms with Gasteiger partial charge in [-0.05, 0) is 43.4 Å². The standard InChI is InChI=1S/C25H30N6O/c1-29-5-7-31(8-6-29)17-24-14-25(15-24,16-24)22(32)10-23-26-11-19-4-3-18(9-21(19)28-23)20-12-27-30(2)13-20/h3-4,9,11-13H,5-8,10,14-17H2,1-2H3. The first-order valence-electron chi connectivity index (χ1n) is 11.6. The molecule has 3 saturated carbocycles. The van der Waals surface area contributed by atoms with Crippen LogP contribution in [0.2, 0.25) is 0 Å². The van der Waals surface area contributed by atoms with Gasteiger partial charge in [0.1, 0.15) is 11.6 Å². The lowest BCUT2D eigenvalue weighted by Crippen LogP contribution is -2.69. The molecule has 3 aliphatic carbocycles. The number of ketones is 1. The van der Waals surface area contributed by atoms with Crippen molar-refractivity contribution in [2.75, 3.05) is 39.8 Å². The number of nitrogens with zero attached hydrogens (tertiary/aromatic N) is 6. The summed E-state index contributed by atoms with van der Waals surface area (Å²) in [5, 5.41) is 5.25. The van der Waals surface area contributed by atoms with E-state index in [0.29, 0.717) is 23.4 Å². The fourth-order valence-corrected chi connectivity index (χ4v) is 6.17. The van der Waals surface area contributed by atoms with Crippen LogP contribution in [0.15, 0.2) is 36.8 Å². The average Bonchev–Trinajstić information content (AvgIpc) is 3.16. The molecule has 1 aromatic carbocycles. The predicted molar refractivity (Wildman–Crippen MR) is 123 cm³/mol. The van der Waals surface area contributed by atoms with E-state index in [9.17, 15) is 4.79 Å². The number of benzene rings is 1. The molecule has 1 aliphatic heterocycles. The van der Waals surface area contributed by atoms with Gasteiger partial charge in [-0.25, -0.2) is 9.97 Å². The second-order valence-corrected chi connectivity index (χ2v) is 10.5. The summed E-state index contributed by atoms with van der Waals surface area (Å²) in [6, 6.07) is 6.16. The minimum atomic E-state index is -0.0948. The molecule has 0 radical (unpaired) electrons. The lowest BCUT2D eigenvalue weighted by atomic mass is 9.33. The predicted octanol–water partition coefficient (Wildman–Crippen LogP) is 2.56. The number of Topliss-reactive ketones (excluding diaryl/α,β-unsaturated/α-hetero) is 1. The first-order chi connectivity index (χ1) is 15.4. The summed E-state index contributed by atoms with van der Waals surface area (Å²) in [7, 11) is 4.11. The Hall–Kier alpha value is -2.64. The Morgan fingerprint density at radius 1 is 1.03 bits per heavy atom. The number of likely N-dealkylation sites (N-methyl/N-ethyl adjacent to an activating group) is 1. The van der Waals surface area contributed by atoms with Crippen LogP contribution < -0.4 is 0 Å². The van der Waals surface area contributed by atoms with Crippen LogP contribution in [-0.2, 0) is 18.3 Å². The topological polar surface area (TPSA) is 67.2 Å². The number of aromatic nitrogens is 4. The Morgan fingerprint density at radius 3 is 2.53 bits per heavy atom. The molecule has 7 rings (SSSR count). The summed E-state index contributed by atoms with van der Waals surface area (Å²) in [6.45, 7) is 5.79. The van der Waals surface area contributed by atoms with Crippen LogP contribution in [0, 0.1) is 10.8 Å². The van der Waals surface area contributed by atoms with Gasteiger partial charge in [-0.15, -0.1) is 0 Å².